The van der Waals surface area contributed by atoms with Crippen LogP contribution in [0.2, 0.25) is 0 Å². The van der Waals surface area contributed by atoms with Gasteiger partial charge >= 0.3 is 11.9 Å². The average Bonchev–Trinajstić information content (AvgIpc) is 2.99. The largest absolute Gasteiger partial charge is 0.459 e. The molecule has 1 aliphatic heterocycles. The van der Waals surface area contributed by atoms with E-state index in [1.165, 1.54) is 24.8 Å². The number of fused-ring (bicyclic) bond motifs is 1. The van der Waals surface area contributed by atoms with Crippen LogP contribution in [-0.4, -0.2) is 58.5 Å². The molecule has 6 nitrogen and oxygen atoms in total. The van der Waals surface area contributed by atoms with E-state index in [1.807, 2.05) is 46.4 Å². The number of hydrogen-bond acceptors (Lipinski definition) is 6. The molecule has 0 radical (unpaired) electrons. The van der Waals surface area contributed by atoms with Crippen LogP contribution in [0.5, 0.6) is 0 Å². The standard InChI is InChI=1S/C23H39BrN2O4/c1-22(2,3)29-20(27)15-26(12-11-24)19(21(28)30-23(4,5)6)13-16-14-25-18-10-8-7-9-17(16)18/h14,17-19,25H,7-13,15H2,1-6H3/t17?,18?,19-/m0/s1. The van der Waals surface area contributed by atoms with Crippen LogP contribution >= 0.6 is 15.9 Å². The Morgan fingerprint density at radius 2 is 1.77 bits per heavy atom. The summed E-state index contributed by atoms with van der Waals surface area (Å²) in [5.74, 6) is -0.144. The predicted molar refractivity (Wildman–Crippen MR) is 122 cm³/mol. The van der Waals surface area contributed by atoms with Crippen LogP contribution in [0, 0.1) is 5.92 Å². The molecule has 3 atom stereocenters. The highest BCUT2D eigenvalue weighted by atomic mass is 79.9. The van der Waals surface area contributed by atoms with Crippen LogP contribution in [0.15, 0.2) is 11.8 Å². The Bertz CT molecular complexity index is 636. The molecule has 2 unspecified atom stereocenters. The minimum absolute atomic E-state index is 0.0571. The van der Waals surface area contributed by atoms with Gasteiger partial charge in [0.1, 0.15) is 17.2 Å². The molecule has 1 fully saturated rings. The Labute approximate surface area is 190 Å². The SMILES string of the molecule is CC(C)(C)OC(=O)CN(CCBr)[C@@H](CC1=CNC2CCCCC12)C(=O)OC(C)(C)C. The maximum absolute atomic E-state index is 13.2. The van der Waals surface area contributed by atoms with Crippen molar-refractivity contribution in [2.24, 2.45) is 5.92 Å². The summed E-state index contributed by atoms with van der Waals surface area (Å²) < 4.78 is 11.3. The van der Waals surface area contributed by atoms with Crippen LogP contribution in [0.4, 0.5) is 0 Å². The molecule has 0 amide bonds. The summed E-state index contributed by atoms with van der Waals surface area (Å²) in [7, 11) is 0. The van der Waals surface area contributed by atoms with Gasteiger partial charge in [-0.05, 0) is 72.6 Å². The molecule has 172 valence electrons. The minimum atomic E-state index is -0.586. The van der Waals surface area contributed by atoms with E-state index < -0.39 is 17.2 Å². The monoisotopic (exact) mass is 486 g/mol. The maximum atomic E-state index is 13.2. The Balaban J connectivity index is 2.21. The quantitative estimate of drug-likeness (QED) is 0.410. The van der Waals surface area contributed by atoms with Gasteiger partial charge in [-0.15, -0.1) is 0 Å². The van der Waals surface area contributed by atoms with Crippen LogP contribution < -0.4 is 5.32 Å². The second kappa shape index (κ2) is 10.5. The number of carbonyl (C=O) groups excluding carboxylic acids is 2. The van der Waals surface area contributed by atoms with Crippen LogP contribution in [0.3, 0.4) is 0 Å². The zero-order valence-electron chi connectivity index (χ0n) is 19.4. The lowest BCUT2D eigenvalue weighted by Gasteiger charge is -2.34. The summed E-state index contributed by atoms with van der Waals surface area (Å²) >= 11 is 3.48. The Kier molecular flexibility index (Phi) is 8.80. The minimum Gasteiger partial charge on any atom is -0.459 e. The van der Waals surface area contributed by atoms with E-state index in [0.29, 0.717) is 30.3 Å². The fourth-order valence-electron chi connectivity index (χ4n) is 4.25. The van der Waals surface area contributed by atoms with Gasteiger partial charge in [0.05, 0.1) is 6.54 Å². The first-order valence-corrected chi connectivity index (χ1v) is 12.2. The summed E-state index contributed by atoms with van der Waals surface area (Å²) in [6, 6.07) is -0.0495. The third kappa shape index (κ3) is 7.88. The summed E-state index contributed by atoms with van der Waals surface area (Å²) in [5, 5.41) is 4.16. The topological polar surface area (TPSA) is 67.9 Å². The van der Waals surface area contributed by atoms with E-state index in [0.717, 1.165) is 6.42 Å². The van der Waals surface area contributed by atoms with E-state index in [9.17, 15) is 9.59 Å². The van der Waals surface area contributed by atoms with Crippen molar-refractivity contribution in [3.05, 3.63) is 11.8 Å². The molecule has 7 heteroatoms. The number of alkyl halides is 1. The molecule has 30 heavy (non-hydrogen) atoms. The Morgan fingerprint density at radius 3 is 2.37 bits per heavy atom. The molecule has 1 aliphatic carbocycles. The molecular formula is C23H39BrN2O4. The molecule has 0 aromatic carbocycles. The number of carbonyl (C=O) groups is 2. The van der Waals surface area contributed by atoms with E-state index in [1.54, 1.807) is 0 Å². The molecule has 1 heterocycles. The lowest BCUT2D eigenvalue weighted by atomic mass is 9.80. The van der Waals surface area contributed by atoms with E-state index in [-0.39, 0.29) is 18.5 Å². The number of halogens is 1. The molecular weight excluding hydrogens is 448 g/mol. The smallest absolute Gasteiger partial charge is 0.324 e. The van der Waals surface area contributed by atoms with E-state index in [2.05, 4.69) is 27.4 Å². The highest BCUT2D eigenvalue weighted by Gasteiger charge is 2.38. The van der Waals surface area contributed by atoms with Gasteiger partial charge in [-0.25, -0.2) is 0 Å². The first kappa shape index (κ1) is 25.2. The second-order valence-electron chi connectivity index (χ2n) is 10.4. The van der Waals surface area contributed by atoms with E-state index >= 15 is 0 Å². The summed E-state index contributed by atoms with van der Waals surface area (Å²) in [5.41, 5.74) is 0.113. The van der Waals surface area contributed by atoms with Crippen molar-refractivity contribution >= 4 is 27.9 Å². The van der Waals surface area contributed by atoms with Crippen molar-refractivity contribution < 1.29 is 19.1 Å². The molecule has 0 spiro atoms. The van der Waals surface area contributed by atoms with Gasteiger partial charge in [-0.3, -0.25) is 14.5 Å². The number of nitrogens with one attached hydrogen (secondary N) is 1. The number of ether oxygens (including phenoxy) is 2. The van der Waals surface area contributed by atoms with Gasteiger partial charge < -0.3 is 14.8 Å². The molecule has 1 N–H and O–H groups in total. The third-order valence-electron chi connectivity index (χ3n) is 5.40. The zero-order chi connectivity index (χ0) is 22.5. The molecule has 2 aliphatic rings. The molecule has 0 aromatic rings. The zero-order valence-corrected chi connectivity index (χ0v) is 21.0. The van der Waals surface area contributed by atoms with Gasteiger partial charge in [0, 0.05) is 23.8 Å². The first-order chi connectivity index (χ1) is 13.9. The Hall–Kier alpha value is -1.08. The first-order valence-electron chi connectivity index (χ1n) is 11.1. The highest BCUT2D eigenvalue weighted by Crippen LogP contribution is 2.36. The summed E-state index contributed by atoms with van der Waals surface area (Å²) in [6.45, 7) is 11.8. The molecule has 0 saturated heterocycles. The fourth-order valence-corrected chi connectivity index (χ4v) is 4.71. The van der Waals surface area contributed by atoms with Gasteiger partial charge in [0.25, 0.3) is 0 Å². The number of rotatable bonds is 8. The summed E-state index contributed by atoms with van der Waals surface area (Å²) in [6.07, 6.45) is 7.45. The molecule has 0 bridgehead atoms. The van der Waals surface area contributed by atoms with Crippen molar-refractivity contribution in [1.29, 1.82) is 0 Å². The van der Waals surface area contributed by atoms with Crippen molar-refractivity contribution in [1.82, 2.24) is 10.2 Å². The number of hydrogen-bond donors (Lipinski definition) is 1. The van der Waals surface area contributed by atoms with Gasteiger partial charge in [0.2, 0.25) is 0 Å². The van der Waals surface area contributed by atoms with E-state index in [4.69, 9.17) is 9.47 Å². The van der Waals surface area contributed by atoms with Gasteiger partial charge in [-0.1, -0.05) is 28.8 Å². The van der Waals surface area contributed by atoms with Gasteiger partial charge in [-0.2, -0.15) is 0 Å². The maximum Gasteiger partial charge on any atom is 0.324 e. The average molecular weight is 487 g/mol. The fraction of sp³-hybridized carbons (Fsp3) is 0.826. The van der Waals surface area contributed by atoms with Crippen LogP contribution in [-0.2, 0) is 19.1 Å². The Morgan fingerprint density at radius 1 is 1.13 bits per heavy atom. The van der Waals surface area contributed by atoms with Crippen molar-refractivity contribution in [2.75, 3.05) is 18.4 Å². The molecule has 2 rings (SSSR count). The normalized spacial score (nSPS) is 22.7. The highest BCUT2D eigenvalue weighted by molar-refractivity contribution is 9.09. The van der Waals surface area contributed by atoms with Crippen LogP contribution in [0.25, 0.3) is 0 Å². The molecule has 1 saturated carbocycles. The summed E-state index contributed by atoms with van der Waals surface area (Å²) in [4.78, 5) is 27.7. The van der Waals surface area contributed by atoms with Gasteiger partial charge in [0.15, 0.2) is 0 Å². The third-order valence-corrected chi connectivity index (χ3v) is 5.75. The second-order valence-corrected chi connectivity index (χ2v) is 11.2. The van der Waals surface area contributed by atoms with Crippen molar-refractivity contribution in [2.45, 2.75) is 96.9 Å². The van der Waals surface area contributed by atoms with Crippen LogP contribution in [0.1, 0.15) is 73.6 Å². The van der Waals surface area contributed by atoms with Crippen molar-refractivity contribution in [3.8, 4) is 0 Å². The lowest BCUT2D eigenvalue weighted by Crippen LogP contribution is -2.48. The number of nitrogens with zero attached hydrogens (tertiary/aromatic N) is 1. The molecule has 0 aromatic heterocycles. The predicted octanol–water partition coefficient (Wildman–Crippen LogP) is 4.17. The van der Waals surface area contributed by atoms with Crippen molar-refractivity contribution in [3.63, 3.8) is 0 Å². The number of esters is 2. The lowest BCUT2D eigenvalue weighted by molar-refractivity contribution is -0.164.